The lowest BCUT2D eigenvalue weighted by molar-refractivity contribution is -0.144. The van der Waals surface area contributed by atoms with E-state index in [0.29, 0.717) is 44.7 Å². The van der Waals surface area contributed by atoms with Gasteiger partial charge < -0.3 is 41.0 Å². The molecular formula is C52H76N6O9. The van der Waals surface area contributed by atoms with Crippen LogP contribution in [0.2, 0.25) is 0 Å². The molecule has 0 radical (unpaired) electrons. The molecule has 67 heavy (non-hydrogen) atoms. The van der Waals surface area contributed by atoms with E-state index in [2.05, 4.69) is 26.6 Å². The van der Waals surface area contributed by atoms with Gasteiger partial charge in [0.1, 0.15) is 41.2 Å². The number of unbranched alkanes of at least 4 members (excludes halogenated alkanes) is 1. The van der Waals surface area contributed by atoms with Crippen molar-refractivity contribution in [2.24, 2.45) is 23.2 Å². The molecule has 5 rings (SSSR count). The van der Waals surface area contributed by atoms with Crippen LogP contribution < -0.4 is 26.6 Å². The second-order valence-electron chi connectivity index (χ2n) is 21.4. The number of amides is 6. The molecule has 15 nitrogen and oxygen atoms in total. The summed E-state index contributed by atoms with van der Waals surface area (Å²) in [7, 11) is 0. The third-order valence-electron chi connectivity index (χ3n) is 12.6. The maximum Gasteiger partial charge on any atom is 0.408 e. The highest BCUT2D eigenvalue weighted by molar-refractivity contribution is 5.95. The van der Waals surface area contributed by atoms with Crippen molar-refractivity contribution in [1.29, 1.82) is 0 Å². The summed E-state index contributed by atoms with van der Waals surface area (Å²) < 4.78 is 10.9. The van der Waals surface area contributed by atoms with Crippen LogP contribution in [0.4, 0.5) is 9.59 Å². The summed E-state index contributed by atoms with van der Waals surface area (Å²) >= 11 is 0. The molecule has 4 atom stereocenters. The topological polar surface area (TPSA) is 201 Å². The first-order chi connectivity index (χ1) is 31.6. The summed E-state index contributed by atoms with van der Waals surface area (Å²) in [6.45, 7) is 15.8. The Morgan fingerprint density at radius 3 is 1.61 bits per heavy atom. The molecule has 2 aliphatic carbocycles. The molecule has 2 aromatic rings. The summed E-state index contributed by atoms with van der Waals surface area (Å²) in [5.41, 5.74) is 0.140. The standard InChI is InChI=1S/C52H76N6O9/c1-34(2)29-40(55-45(61)41(30-35-17-11-9-12-18-35)56-46(62)42(31-36-19-13-10-14-20-36)57-49(65)67-51(6,7)8)44(60)54-39(21-15-16-26-53-48(64)66-50(3,4)5)47(63)58-27-24-52(25-28-58)32-38(33-52)43(59)37-22-23-37/h9-14,17-20,34,37-42H,15-16,21-33H2,1-8H3,(H,53,64)(H,54,60)(H,55,61)(H,56,62)(H,57,65)/t39-,40-,41-,42-/m1/s1. The highest BCUT2D eigenvalue weighted by Gasteiger charge is 2.51. The molecule has 1 heterocycles. The molecule has 1 aliphatic heterocycles. The average molecular weight is 929 g/mol. The number of piperidine rings is 1. The van der Waals surface area contributed by atoms with E-state index in [1.54, 1.807) is 41.5 Å². The molecular weight excluding hydrogens is 853 g/mol. The number of carbonyl (C=O) groups excluding carboxylic acids is 7. The number of hydrogen-bond acceptors (Lipinski definition) is 9. The maximum atomic E-state index is 14.5. The molecule has 2 aromatic carbocycles. The lowest BCUT2D eigenvalue weighted by atomic mass is 9.56. The van der Waals surface area contributed by atoms with Crippen LogP contribution in [0.1, 0.15) is 131 Å². The van der Waals surface area contributed by atoms with Gasteiger partial charge in [0.25, 0.3) is 0 Å². The number of Topliss-reactive ketones (excluding diaryl/α,β-unsaturated/α-hetero) is 1. The zero-order valence-electron chi connectivity index (χ0n) is 41.0. The number of ether oxygens (including phenoxy) is 2. The summed E-state index contributed by atoms with van der Waals surface area (Å²) in [6.07, 6.45) is 5.83. The summed E-state index contributed by atoms with van der Waals surface area (Å²) in [6, 6.07) is 14.1. The minimum Gasteiger partial charge on any atom is -0.444 e. The predicted octanol–water partition coefficient (Wildman–Crippen LogP) is 6.56. The largest absolute Gasteiger partial charge is 0.444 e. The van der Waals surface area contributed by atoms with Crippen LogP contribution in [0.3, 0.4) is 0 Å². The number of rotatable bonds is 21. The Morgan fingerprint density at radius 1 is 0.627 bits per heavy atom. The van der Waals surface area contributed by atoms with Gasteiger partial charge in [0, 0.05) is 44.3 Å². The van der Waals surface area contributed by atoms with Crippen LogP contribution in [0.25, 0.3) is 0 Å². The van der Waals surface area contributed by atoms with Crippen LogP contribution in [0.5, 0.6) is 0 Å². The van der Waals surface area contributed by atoms with Gasteiger partial charge in [-0.25, -0.2) is 9.59 Å². The van der Waals surface area contributed by atoms with E-state index in [9.17, 15) is 33.6 Å². The van der Waals surface area contributed by atoms with Crippen LogP contribution in [0, 0.1) is 23.2 Å². The van der Waals surface area contributed by atoms with Gasteiger partial charge in [0.15, 0.2) is 0 Å². The van der Waals surface area contributed by atoms with Crippen LogP contribution >= 0.6 is 0 Å². The van der Waals surface area contributed by atoms with Crippen molar-refractivity contribution < 1.29 is 43.0 Å². The van der Waals surface area contributed by atoms with E-state index in [0.717, 1.165) is 49.7 Å². The van der Waals surface area contributed by atoms with Gasteiger partial charge in [0.05, 0.1) is 0 Å². The number of nitrogens with one attached hydrogen (secondary N) is 5. The van der Waals surface area contributed by atoms with Gasteiger partial charge in [-0.05, 0) is 128 Å². The Balaban J connectivity index is 1.30. The number of benzene rings is 2. The van der Waals surface area contributed by atoms with E-state index < -0.39 is 65.3 Å². The number of hydrogen-bond donors (Lipinski definition) is 5. The van der Waals surface area contributed by atoms with Gasteiger partial charge in [-0.2, -0.15) is 0 Å². The first kappa shape index (κ1) is 52.5. The molecule has 15 heteroatoms. The molecule has 6 amide bonds. The Kier molecular flexibility index (Phi) is 18.4. The molecule has 3 aliphatic rings. The van der Waals surface area contributed by atoms with Crippen molar-refractivity contribution in [1.82, 2.24) is 31.5 Å². The van der Waals surface area contributed by atoms with Crippen molar-refractivity contribution >= 4 is 41.6 Å². The molecule has 3 fully saturated rings. The molecule has 1 spiro atoms. The average Bonchev–Trinajstić information content (AvgIpc) is 4.09. The quantitative estimate of drug-likeness (QED) is 0.0861. The second kappa shape index (κ2) is 23.5. The SMILES string of the molecule is CC(C)C[C@@H](NC(=O)[C@@H](Cc1ccccc1)NC(=O)[C@@H](Cc1ccccc1)NC(=O)OC(C)(C)C)C(=O)N[C@H](CCCCNC(=O)OC(C)(C)C)C(=O)N1CCC2(CC1)CC(C(=O)C1CC1)C2. The lowest BCUT2D eigenvalue weighted by Crippen LogP contribution is -2.60. The number of likely N-dealkylation sites (tertiary alicyclic amines) is 1. The predicted molar refractivity (Wildman–Crippen MR) is 255 cm³/mol. The van der Waals surface area contributed by atoms with E-state index in [1.165, 1.54) is 0 Å². The van der Waals surface area contributed by atoms with Gasteiger partial charge in [-0.15, -0.1) is 0 Å². The van der Waals surface area contributed by atoms with E-state index in [1.807, 2.05) is 79.4 Å². The Hall–Kier alpha value is -5.47. The summed E-state index contributed by atoms with van der Waals surface area (Å²) in [4.78, 5) is 97.3. The van der Waals surface area contributed by atoms with Crippen molar-refractivity contribution in [3.63, 3.8) is 0 Å². The van der Waals surface area contributed by atoms with Crippen LogP contribution in [-0.2, 0) is 46.3 Å². The number of carbonyl (C=O) groups is 7. The third-order valence-corrected chi connectivity index (χ3v) is 12.6. The van der Waals surface area contributed by atoms with Crippen LogP contribution in [0.15, 0.2) is 60.7 Å². The molecule has 368 valence electrons. The van der Waals surface area contributed by atoms with Crippen molar-refractivity contribution in [2.75, 3.05) is 19.6 Å². The van der Waals surface area contributed by atoms with E-state index >= 15 is 0 Å². The van der Waals surface area contributed by atoms with Gasteiger partial charge in [-0.1, -0.05) is 74.5 Å². The normalized spacial score (nSPS) is 17.8. The van der Waals surface area contributed by atoms with Gasteiger partial charge in [-0.3, -0.25) is 24.0 Å². The third kappa shape index (κ3) is 17.3. The van der Waals surface area contributed by atoms with E-state index in [4.69, 9.17) is 9.47 Å². The smallest absolute Gasteiger partial charge is 0.408 e. The molecule has 1 saturated heterocycles. The minimum atomic E-state index is -1.16. The van der Waals surface area contributed by atoms with Crippen LogP contribution in [-0.4, -0.2) is 102 Å². The Bertz CT molecular complexity index is 1990. The van der Waals surface area contributed by atoms with Crippen molar-refractivity contribution in [2.45, 2.75) is 168 Å². The Morgan fingerprint density at radius 2 is 1.10 bits per heavy atom. The highest BCUT2D eigenvalue weighted by Crippen LogP contribution is 2.55. The van der Waals surface area contributed by atoms with Crippen molar-refractivity contribution in [3.8, 4) is 0 Å². The maximum absolute atomic E-state index is 14.5. The number of alkyl carbamates (subject to hydrolysis) is 2. The highest BCUT2D eigenvalue weighted by atomic mass is 16.6. The monoisotopic (exact) mass is 929 g/mol. The van der Waals surface area contributed by atoms with Gasteiger partial charge >= 0.3 is 12.2 Å². The fraction of sp³-hybridized carbons (Fsp3) is 0.635. The molecule has 0 unspecified atom stereocenters. The second-order valence-corrected chi connectivity index (χ2v) is 21.4. The Labute approximate surface area is 397 Å². The first-order valence-corrected chi connectivity index (χ1v) is 24.4. The zero-order chi connectivity index (χ0) is 48.9. The summed E-state index contributed by atoms with van der Waals surface area (Å²) in [5.74, 6) is -1.21. The fourth-order valence-corrected chi connectivity index (χ4v) is 9.04. The molecule has 0 bridgehead atoms. The first-order valence-electron chi connectivity index (χ1n) is 24.4. The molecule has 0 aromatic heterocycles. The molecule has 5 N–H and O–H groups in total. The molecule has 2 saturated carbocycles. The van der Waals surface area contributed by atoms with Gasteiger partial charge in [0.2, 0.25) is 23.6 Å². The summed E-state index contributed by atoms with van der Waals surface area (Å²) in [5, 5.41) is 14.3. The number of nitrogens with zero attached hydrogens (tertiary/aromatic N) is 1. The fourth-order valence-electron chi connectivity index (χ4n) is 9.04. The minimum absolute atomic E-state index is 0.0454. The van der Waals surface area contributed by atoms with Crippen molar-refractivity contribution in [3.05, 3.63) is 71.8 Å². The zero-order valence-corrected chi connectivity index (χ0v) is 41.0. The lowest BCUT2D eigenvalue weighted by Gasteiger charge is -2.52. The number of ketones is 1. The van der Waals surface area contributed by atoms with E-state index in [-0.39, 0.29) is 48.3 Å².